The minimum absolute atomic E-state index is 0.168. The molecule has 0 unspecified atom stereocenters. The van der Waals surface area contributed by atoms with Crippen molar-refractivity contribution in [2.24, 2.45) is 0 Å². The summed E-state index contributed by atoms with van der Waals surface area (Å²) in [6.07, 6.45) is 2.82. The molecule has 0 aliphatic heterocycles. The normalized spacial score (nSPS) is 10.8. The maximum Gasteiger partial charge on any atom is 0.213 e. The van der Waals surface area contributed by atoms with Crippen molar-refractivity contribution in [3.05, 3.63) is 52.6 Å². The molecule has 1 N–H and O–H groups in total. The third-order valence-electron chi connectivity index (χ3n) is 3.09. The molecular weight excluding hydrogens is 356 g/mol. The second-order valence-corrected chi connectivity index (χ2v) is 6.38. The Labute approximate surface area is 146 Å². The van der Waals surface area contributed by atoms with Gasteiger partial charge < -0.3 is 14.8 Å². The van der Waals surface area contributed by atoms with Crippen molar-refractivity contribution in [1.82, 2.24) is 10.3 Å². The molecule has 1 heterocycles. The number of benzene rings is 1. The van der Waals surface area contributed by atoms with Crippen LogP contribution in [0.3, 0.4) is 0 Å². The Hall–Kier alpha value is -1.59. The Morgan fingerprint density at radius 2 is 2.09 bits per heavy atom. The van der Waals surface area contributed by atoms with E-state index in [1.54, 1.807) is 6.20 Å². The van der Waals surface area contributed by atoms with Crippen molar-refractivity contribution in [2.45, 2.75) is 32.9 Å². The summed E-state index contributed by atoms with van der Waals surface area (Å²) in [6.45, 7) is 6.37. The van der Waals surface area contributed by atoms with Gasteiger partial charge in [0.15, 0.2) is 0 Å². The highest BCUT2D eigenvalue weighted by Crippen LogP contribution is 2.24. The Morgan fingerprint density at radius 3 is 2.83 bits per heavy atom. The van der Waals surface area contributed by atoms with Crippen molar-refractivity contribution in [2.75, 3.05) is 13.2 Å². The van der Waals surface area contributed by atoms with E-state index in [-0.39, 0.29) is 6.10 Å². The van der Waals surface area contributed by atoms with E-state index in [9.17, 15) is 0 Å². The van der Waals surface area contributed by atoms with E-state index in [4.69, 9.17) is 9.47 Å². The number of pyridine rings is 1. The molecule has 2 rings (SSSR count). The zero-order chi connectivity index (χ0) is 16.5. The molecular formula is C18H23BrN2O2. The van der Waals surface area contributed by atoms with Crippen LogP contribution in [0, 0.1) is 0 Å². The lowest BCUT2D eigenvalue weighted by Crippen LogP contribution is -2.18. The van der Waals surface area contributed by atoms with Crippen LogP contribution in [0.5, 0.6) is 11.6 Å². The number of aromatic nitrogens is 1. The lowest BCUT2D eigenvalue weighted by Gasteiger charge is -2.15. The Bertz CT molecular complexity index is 591. The summed E-state index contributed by atoms with van der Waals surface area (Å²) in [5, 5.41) is 3.43. The first-order valence-electron chi connectivity index (χ1n) is 7.85. The molecule has 0 atom stereocenters. The monoisotopic (exact) mass is 378 g/mol. The summed E-state index contributed by atoms with van der Waals surface area (Å²) in [6, 6.07) is 11.8. The molecule has 2 aromatic rings. The minimum atomic E-state index is 0.168. The van der Waals surface area contributed by atoms with Gasteiger partial charge in [-0.05, 0) is 51.1 Å². The van der Waals surface area contributed by atoms with Crippen LogP contribution in [0.1, 0.15) is 25.8 Å². The molecule has 5 heteroatoms. The van der Waals surface area contributed by atoms with Crippen molar-refractivity contribution >= 4 is 15.9 Å². The lowest BCUT2D eigenvalue weighted by molar-refractivity contribution is 0.239. The first-order valence-corrected chi connectivity index (χ1v) is 8.64. The molecule has 0 aliphatic rings. The standard InChI is InChI=1S/C18H23BrN2O2/c1-14(2)23-17-8-7-16(19)12-15(17)13-20-9-5-11-22-18-6-3-4-10-21-18/h3-4,6-8,10,12,14,20H,5,9,11,13H2,1-2H3. The van der Waals surface area contributed by atoms with Crippen LogP contribution < -0.4 is 14.8 Å². The van der Waals surface area contributed by atoms with Crippen LogP contribution >= 0.6 is 15.9 Å². The highest BCUT2D eigenvalue weighted by atomic mass is 79.9. The van der Waals surface area contributed by atoms with E-state index >= 15 is 0 Å². The highest BCUT2D eigenvalue weighted by molar-refractivity contribution is 9.10. The largest absolute Gasteiger partial charge is 0.491 e. The first-order chi connectivity index (χ1) is 11.1. The van der Waals surface area contributed by atoms with Crippen LogP contribution in [-0.4, -0.2) is 24.2 Å². The molecule has 0 aliphatic carbocycles. The zero-order valence-electron chi connectivity index (χ0n) is 13.6. The average molecular weight is 379 g/mol. The third-order valence-corrected chi connectivity index (χ3v) is 3.58. The molecule has 1 aromatic carbocycles. The first kappa shape index (κ1) is 17.8. The summed E-state index contributed by atoms with van der Waals surface area (Å²) in [4.78, 5) is 4.13. The SMILES string of the molecule is CC(C)Oc1ccc(Br)cc1CNCCCOc1ccccn1. The van der Waals surface area contributed by atoms with Gasteiger partial charge in [0.25, 0.3) is 0 Å². The van der Waals surface area contributed by atoms with Gasteiger partial charge in [0, 0.05) is 28.8 Å². The van der Waals surface area contributed by atoms with E-state index in [0.717, 1.165) is 35.3 Å². The fourth-order valence-electron chi connectivity index (χ4n) is 2.08. The maximum absolute atomic E-state index is 5.84. The zero-order valence-corrected chi connectivity index (χ0v) is 15.2. The summed E-state index contributed by atoms with van der Waals surface area (Å²) in [5.74, 6) is 1.60. The van der Waals surface area contributed by atoms with Gasteiger partial charge in [0.1, 0.15) is 5.75 Å². The van der Waals surface area contributed by atoms with Gasteiger partial charge in [0.05, 0.1) is 12.7 Å². The Morgan fingerprint density at radius 1 is 1.22 bits per heavy atom. The van der Waals surface area contributed by atoms with Gasteiger partial charge in [-0.3, -0.25) is 0 Å². The summed E-state index contributed by atoms with van der Waals surface area (Å²) >= 11 is 3.51. The Kier molecular flexibility index (Phi) is 7.36. The topological polar surface area (TPSA) is 43.4 Å². The van der Waals surface area contributed by atoms with E-state index in [0.29, 0.717) is 12.5 Å². The third kappa shape index (κ3) is 6.59. The van der Waals surface area contributed by atoms with Gasteiger partial charge in [-0.2, -0.15) is 0 Å². The van der Waals surface area contributed by atoms with Gasteiger partial charge in [-0.1, -0.05) is 22.0 Å². The lowest BCUT2D eigenvalue weighted by atomic mass is 10.2. The predicted molar refractivity (Wildman–Crippen MR) is 96.0 cm³/mol. The molecule has 124 valence electrons. The van der Waals surface area contributed by atoms with Crippen molar-refractivity contribution in [1.29, 1.82) is 0 Å². The van der Waals surface area contributed by atoms with Crippen LogP contribution in [0.15, 0.2) is 47.1 Å². The molecule has 0 fully saturated rings. The van der Waals surface area contributed by atoms with Gasteiger partial charge in [-0.25, -0.2) is 4.98 Å². The molecule has 23 heavy (non-hydrogen) atoms. The number of rotatable bonds is 9. The smallest absolute Gasteiger partial charge is 0.213 e. The fraction of sp³-hybridized carbons (Fsp3) is 0.389. The van der Waals surface area contributed by atoms with E-state index < -0.39 is 0 Å². The molecule has 0 radical (unpaired) electrons. The number of nitrogens with one attached hydrogen (secondary N) is 1. The van der Waals surface area contributed by atoms with Crippen LogP contribution in [-0.2, 0) is 6.54 Å². The van der Waals surface area contributed by atoms with Crippen LogP contribution in [0.25, 0.3) is 0 Å². The van der Waals surface area contributed by atoms with Crippen LogP contribution in [0.4, 0.5) is 0 Å². The van der Waals surface area contributed by atoms with Crippen molar-refractivity contribution in [3.63, 3.8) is 0 Å². The average Bonchev–Trinajstić information content (AvgIpc) is 2.53. The molecule has 0 spiro atoms. The minimum Gasteiger partial charge on any atom is -0.491 e. The summed E-state index contributed by atoms with van der Waals surface area (Å²) < 4.78 is 12.5. The van der Waals surface area contributed by atoms with Crippen molar-refractivity contribution < 1.29 is 9.47 Å². The number of hydrogen-bond donors (Lipinski definition) is 1. The fourth-order valence-corrected chi connectivity index (χ4v) is 2.49. The van der Waals surface area contributed by atoms with Crippen LogP contribution in [0.2, 0.25) is 0 Å². The van der Waals surface area contributed by atoms with Gasteiger partial charge in [0.2, 0.25) is 5.88 Å². The predicted octanol–water partition coefficient (Wildman–Crippen LogP) is 4.19. The summed E-state index contributed by atoms with van der Waals surface area (Å²) in [5.41, 5.74) is 1.15. The number of ether oxygens (including phenoxy) is 2. The van der Waals surface area contributed by atoms with Crippen molar-refractivity contribution in [3.8, 4) is 11.6 Å². The second-order valence-electron chi connectivity index (χ2n) is 5.47. The van der Waals surface area contributed by atoms with Gasteiger partial charge in [-0.15, -0.1) is 0 Å². The van der Waals surface area contributed by atoms with E-state index in [1.165, 1.54) is 0 Å². The maximum atomic E-state index is 5.84. The highest BCUT2D eigenvalue weighted by Gasteiger charge is 2.06. The molecule has 0 amide bonds. The number of hydrogen-bond acceptors (Lipinski definition) is 4. The number of nitrogens with zero attached hydrogens (tertiary/aromatic N) is 1. The van der Waals surface area contributed by atoms with E-state index in [2.05, 4.69) is 32.3 Å². The quantitative estimate of drug-likeness (QED) is 0.664. The van der Waals surface area contributed by atoms with E-state index in [1.807, 2.05) is 44.2 Å². The molecule has 0 saturated carbocycles. The summed E-state index contributed by atoms with van der Waals surface area (Å²) in [7, 11) is 0. The van der Waals surface area contributed by atoms with Gasteiger partial charge >= 0.3 is 0 Å². The molecule has 0 saturated heterocycles. The molecule has 1 aromatic heterocycles. The second kappa shape index (κ2) is 9.53. The number of halogens is 1. The Balaban J connectivity index is 1.72. The molecule has 0 bridgehead atoms. The molecule has 4 nitrogen and oxygen atoms in total.